The highest BCUT2D eigenvalue weighted by Gasteiger charge is 2.03. The number of nitrogens with one attached hydrogen (secondary N) is 1. The van der Waals surface area contributed by atoms with Gasteiger partial charge in [0, 0.05) is 27.8 Å². The highest BCUT2D eigenvalue weighted by molar-refractivity contribution is 6.35. The van der Waals surface area contributed by atoms with E-state index in [1.165, 1.54) is 5.56 Å². The van der Waals surface area contributed by atoms with E-state index in [1.54, 1.807) is 6.07 Å². The summed E-state index contributed by atoms with van der Waals surface area (Å²) in [6, 6.07) is 21.8. The van der Waals surface area contributed by atoms with Crippen molar-refractivity contribution in [3.8, 4) is 5.75 Å². The van der Waals surface area contributed by atoms with E-state index in [1.807, 2.05) is 36.4 Å². The van der Waals surface area contributed by atoms with E-state index in [0.29, 0.717) is 16.7 Å². The largest absolute Gasteiger partial charge is 0.489 e. The Labute approximate surface area is 158 Å². The van der Waals surface area contributed by atoms with Gasteiger partial charge in [-0.2, -0.15) is 0 Å². The molecule has 0 unspecified atom stereocenters. The molecule has 0 radical (unpaired) electrons. The molecule has 4 heteroatoms. The van der Waals surface area contributed by atoms with E-state index < -0.39 is 0 Å². The zero-order chi connectivity index (χ0) is 17.6. The van der Waals surface area contributed by atoms with Crippen LogP contribution in [0.5, 0.6) is 5.75 Å². The second-order valence-corrected chi connectivity index (χ2v) is 6.74. The number of anilines is 1. The van der Waals surface area contributed by atoms with Gasteiger partial charge in [0.25, 0.3) is 0 Å². The van der Waals surface area contributed by atoms with Gasteiger partial charge in [-0.25, -0.2) is 0 Å². The molecule has 0 aliphatic carbocycles. The molecule has 0 atom stereocenters. The Bertz CT molecular complexity index is 864. The topological polar surface area (TPSA) is 21.3 Å². The Kier molecular flexibility index (Phi) is 5.85. The van der Waals surface area contributed by atoms with Crippen LogP contribution in [0.15, 0.2) is 66.7 Å². The molecule has 0 heterocycles. The van der Waals surface area contributed by atoms with Crippen molar-refractivity contribution in [1.82, 2.24) is 0 Å². The van der Waals surface area contributed by atoms with Crippen LogP contribution >= 0.6 is 23.2 Å². The first-order valence-corrected chi connectivity index (χ1v) is 8.82. The van der Waals surface area contributed by atoms with Crippen molar-refractivity contribution in [2.75, 3.05) is 5.32 Å². The van der Waals surface area contributed by atoms with E-state index in [-0.39, 0.29) is 0 Å². The van der Waals surface area contributed by atoms with Gasteiger partial charge >= 0.3 is 0 Å². The molecule has 0 aliphatic heterocycles. The number of benzene rings is 3. The summed E-state index contributed by atoms with van der Waals surface area (Å²) in [7, 11) is 0. The lowest BCUT2D eigenvalue weighted by Gasteiger charge is -2.11. The van der Waals surface area contributed by atoms with Crippen LogP contribution in [0.3, 0.4) is 0 Å². The lowest BCUT2D eigenvalue weighted by atomic mass is 10.2. The Morgan fingerprint density at radius 3 is 2.56 bits per heavy atom. The minimum Gasteiger partial charge on any atom is -0.489 e. The number of rotatable bonds is 6. The quantitative estimate of drug-likeness (QED) is 0.534. The van der Waals surface area contributed by atoms with Gasteiger partial charge in [0.15, 0.2) is 0 Å². The standard InChI is InChI=1S/C21H19Cl2NO/c1-15-4-2-6-19(10-15)24-13-16-5-3-7-20(11-16)25-14-17-8-9-18(22)12-21(17)23/h2-12,24H,13-14H2,1H3. The normalized spacial score (nSPS) is 10.5. The molecule has 0 fully saturated rings. The number of hydrogen-bond acceptors (Lipinski definition) is 2. The third-order valence-electron chi connectivity index (χ3n) is 3.82. The van der Waals surface area contributed by atoms with E-state index in [0.717, 1.165) is 29.1 Å². The number of halogens is 2. The SMILES string of the molecule is Cc1cccc(NCc2cccc(OCc3ccc(Cl)cc3Cl)c2)c1. The molecule has 0 aliphatic rings. The molecule has 0 bridgehead atoms. The van der Waals surface area contributed by atoms with Crippen molar-refractivity contribution < 1.29 is 4.74 Å². The van der Waals surface area contributed by atoms with Crippen LogP contribution in [0.1, 0.15) is 16.7 Å². The summed E-state index contributed by atoms with van der Waals surface area (Å²) in [6.07, 6.45) is 0. The molecule has 3 aromatic rings. The molecule has 0 aromatic heterocycles. The lowest BCUT2D eigenvalue weighted by Crippen LogP contribution is -2.01. The maximum absolute atomic E-state index is 6.18. The smallest absolute Gasteiger partial charge is 0.120 e. The number of ether oxygens (including phenoxy) is 1. The molecular formula is C21H19Cl2NO. The molecule has 2 nitrogen and oxygen atoms in total. The Balaban J connectivity index is 1.61. The molecule has 0 spiro atoms. The molecule has 3 rings (SSSR count). The van der Waals surface area contributed by atoms with Gasteiger partial charge in [-0.15, -0.1) is 0 Å². The van der Waals surface area contributed by atoms with Gasteiger partial charge in [-0.3, -0.25) is 0 Å². The summed E-state index contributed by atoms with van der Waals surface area (Å²) in [6.45, 7) is 3.23. The molecule has 0 amide bonds. The highest BCUT2D eigenvalue weighted by atomic mass is 35.5. The summed E-state index contributed by atoms with van der Waals surface area (Å²) < 4.78 is 5.87. The van der Waals surface area contributed by atoms with Gasteiger partial charge in [0.1, 0.15) is 12.4 Å². The van der Waals surface area contributed by atoms with Crippen molar-refractivity contribution in [2.24, 2.45) is 0 Å². The summed E-state index contributed by atoms with van der Waals surface area (Å²) in [5.41, 5.74) is 4.41. The minimum absolute atomic E-state index is 0.408. The second-order valence-electron chi connectivity index (χ2n) is 5.89. The van der Waals surface area contributed by atoms with E-state index in [9.17, 15) is 0 Å². The second kappa shape index (κ2) is 8.28. The predicted octanol–water partition coefficient (Wildman–Crippen LogP) is 6.49. The average Bonchev–Trinajstić information content (AvgIpc) is 2.60. The first kappa shape index (κ1) is 17.7. The van der Waals surface area contributed by atoms with Crippen molar-refractivity contribution in [3.05, 3.63) is 93.5 Å². The molecule has 1 N–H and O–H groups in total. The highest BCUT2D eigenvalue weighted by Crippen LogP contribution is 2.23. The van der Waals surface area contributed by atoms with E-state index in [2.05, 4.69) is 36.5 Å². The predicted molar refractivity (Wildman–Crippen MR) is 106 cm³/mol. The maximum atomic E-state index is 6.18. The Morgan fingerprint density at radius 1 is 0.920 bits per heavy atom. The van der Waals surface area contributed by atoms with Crippen LogP contribution in [-0.4, -0.2) is 0 Å². The first-order chi connectivity index (χ1) is 12.1. The maximum Gasteiger partial charge on any atom is 0.120 e. The lowest BCUT2D eigenvalue weighted by molar-refractivity contribution is 0.306. The van der Waals surface area contributed by atoms with Gasteiger partial charge in [-0.1, -0.05) is 53.5 Å². The first-order valence-electron chi connectivity index (χ1n) is 8.06. The molecule has 3 aromatic carbocycles. The molecule has 0 saturated heterocycles. The van der Waals surface area contributed by atoms with Gasteiger partial charge in [0.05, 0.1) is 0 Å². The van der Waals surface area contributed by atoms with Crippen LogP contribution in [0.4, 0.5) is 5.69 Å². The monoisotopic (exact) mass is 371 g/mol. The zero-order valence-corrected chi connectivity index (χ0v) is 15.4. The van der Waals surface area contributed by atoms with Crippen LogP contribution in [0.25, 0.3) is 0 Å². The third-order valence-corrected chi connectivity index (χ3v) is 4.41. The minimum atomic E-state index is 0.408. The molecule has 25 heavy (non-hydrogen) atoms. The summed E-state index contributed by atoms with van der Waals surface area (Å²) in [5, 5.41) is 4.67. The van der Waals surface area contributed by atoms with Gasteiger partial charge in [0.2, 0.25) is 0 Å². The molecular weight excluding hydrogens is 353 g/mol. The van der Waals surface area contributed by atoms with Crippen molar-refractivity contribution >= 4 is 28.9 Å². The van der Waals surface area contributed by atoms with Crippen molar-refractivity contribution in [1.29, 1.82) is 0 Å². The number of hydrogen-bond donors (Lipinski definition) is 1. The van der Waals surface area contributed by atoms with Gasteiger partial charge < -0.3 is 10.1 Å². The van der Waals surface area contributed by atoms with Crippen LogP contribution < -0.4 is 10.1 Å². The number of aryl methyl sites for hydroxylation is 1. The van der Waals surface area contributed by atoms with Crippen LogP contribution in [0.2, 0.25) is 10.0 Å². The average molecular weight is 372 g/mol. The summed E-state index contributed by atoms with van der Waals surface area (Å²) in [4.78, 5) is 0. The molecule has 0 saturated carbocycles. The fourth-order valence-electron chi connectivity index (χ4n) is 2.50. The van der Waals surface area contributed by atoms with Crippen molar-refractivity contribution in [3.63, 3.8) is 0 Å². The zero-order valence-electron chi connectivity index (χ0n) is 13.9. The Morgan fingerprint density at radius 2 is 1.76 bits per heavy atom. The Hall–Kier alpha value is -2.16. The van der Waals surface area contributed by atoms with Crippen LogP contribution in [0, 0.1) is 6.92 Å². The van der Waals surface area contributed by atoms with Gasteiger partial charge in [-0.05, 0) is 54.4 Å². The fourth-order valence-corrected chi connectivity index (χ4v) is 2.97. The fraction of sp³-hybridized carbons (Fsp3) is 0.143. The summed E-state index contributed by atoms with van der Waals surface area (Å²) in [5.74, 6) is 0.814. The van der Waals surface area contributed by atoms with E-state index in [4.69, 9.17) is 27.9 Å². The summed E-state index contributed by atoms with van der Waals surface area (Å²) >= 11 is 12.1. The van der Waals surface area contributed by atoms with E-state index >= 15 is 0 Å². The molecule has 128 valence electrons. The van der Waals surface area contributed by atoms with Crippen molar-refractivity contribution in [2.45, 2.75) is 20.1 Å². The third kappa shape index (κ3) is 5.15. The van der Waals surface area contributed by atoms with Crippen LogP contribution in [-0.2, 0) is 13.2 Å².